The van der Waals surface area contributed by atoms with Crippen molar-refractivity contribution in [3.63, 3.8) is 0 Å². The van der Waals surface area contributed by atoms with Gasteiger partial charge in [-0.25, -0.2) is 0 Å². The third-order valence-corrected chi connectivity index (χ3v) is 2.88. The number of hydrogen-bond donors (Lipinski definition) is 1. The van der Waals surface area contributed by atoms with Crippen molar-refractivity contribution in [2.75, 3.05) is 18.5 Å². The summed E-state index contributed by atoms with van der Waals surface area (Å²) in [7, 11) is 0. The molecule has 0 saturated carbocycles. The maximum Gasteiger partial charge on any atom is 0.275 e. The zero-order valence-corrected chi connectivity index (χ0v) is 11.8. The van der Waals surface area contributed by atoms with Gasteiger partial charge in [0.15, 0.2) is 0 Å². The van der Waals surface area contributed by atoms with E-state index in [9.17, 15) is 10.1 Å². The summed E-state index contributed by atoms with van der Waals surface area (Å²) in [5, 5.41) is 14.1. The molecule has 0 radical (unpaired) electrons. The first-order chi connectivity index (χ1) is 10.2. The Kier molecular flexibility index (Phi) is 5.09. The summed E-state index contributed by atoms with van der Waals surface area (Å²) < 4.78 is 5.35. The largest absolute Gasteiger partial charge is 0.494 e. The lowest BCUT2D eigenvalue weighted by Crippen LogP contribution is -2.06. The van der Waals surface area contributed by atoms with E-state index in [1.165, 1.54) is 12.1 Å². The first-order valence-electron chi connectivity index (χ1n) is 6.74. The molecule has 0 unspecified atom stereocenters. The van der Waals surface area contributed by atoms with E-state index >= 15 is 0 Å². The number of nitrogens with zero attached hydrogens (tertiary/aromatic N) is 2. The second kappa shape index (κ2) is 7.23. The van der Waals surface area contributed by atoms with Crippen LogP contribution >= 0.6 is 0 Å². The van der Waals surface area contributed by atoms with Gasteiger partial charge in [0.25, 0.3) is 5.69 Å². The van der Waals surface area contributed by atoms with E-state index in [2.05, 4.69) is 10.3 Å². The Bertz CT molecular complexity index is 602. The van der Waals surface area contributed by atoms with Gasteiger partial charge in [0.1, 0.15) is 5.75 Å². The van der Waals surface area contributed by atoms with Gasteiger partial charge in [-0.05, 0) is 25.0 Å². The summed E-state index contributed by atoms with van der Waals surface area (Å²) in [6.45, 7) is 2.98. The highest BCUT2D eigenvalue weighted by molar-refractivity contribution is 5.56. The van der Waals surface area contributed by atoms with Crippen molar-refractivity contribution in [2.24, 2.45) is 0 Å². The van der Waals surface area contributed by atoms with Crippen LogP contribution in [0.5, 0.6) is 5.75 Å². The lowest BCUT2D eigenvalue weighted by molar-refractivity contribution is -0.384. The Labute approximate surface area is 122 Å². The van der Waals surface area contributed by atoms with Gasteiger partial charge in [-0.15, -0.1) is 0 Å². The molecule has 6 heteroatoms. The van der Waals surface area contributed by atoms with E-state index in [1.54, 1.807) is 18.5 Å². The normalized spacial score (nSPS) is 10.1. The number of hydrogen-bond acceptors (Lipinski definition) is 5. The number of aromatic nitrogens is 1. The lowest BCUT2D eigenvalue weighted by atomic mass is 10.2. The van der Waals surface area contributed by atoms with E-state index in [4.69, 9.17) is 4.74 Å². The van der Waals surface area contributed by atoms with Crippen molar-refractivity contribution in [1.29, 1.82) is 0 Å². The molecule has 110 valence electrons. The molecular weight excluding hydrogens is 270 g/mol. The SMILES string of the molecule is CCOc1cc(NCCc2cccnc2)cc([N+](=O)[O-])c1. The average Bonchev–Trinajstić information content (AvgIpc) is 2.48. The van der Waals surface area contributed by atoms with Crippen LogP contribution in [0.25, 0.3) is 0 Å². The van der Waals surface area contributed by atoms with Crippen LogP contribution in [0.4, 0.5) is 11.4 Å². The Balaban J connectivity index is 2.03. The number of non-ortho nitro benzene ring substituents is 1. The van der Waals surface area contributed by atoms with E-state index in [0.29, 0.717) is 24.6 Å². The fraction of sp³-hybridized carbons (Fsp3) is 0.267. The predicted octanol–water partition coefficient (Wildman–Crippen LogP) is 3.04. The summed E-state index contributed by atoms with van der Waals surface area (Å²) in [6.07, 6.45) is 4.33. The third kappa shape index (κ3) is 4.45. The van der Waals surface area contributed by atoms with Gasteiger partial charge in [-0.2, -0.15) is 0 Å². The van der Waals surface area contributed by atoms with Crippen LogP contribution in [0.15, 0.2) is 42.7 Å². The third-order valence-electron chi connectivity index (χ3n) is 2.88. The Hall–Kier alpha value is -2.63. The summed E-state index contributed by atoms with van der Waals surface area (Å²) in [4.78, 5) is 14.5. The standard InChI is InChI=1S/C15H17N3O3/c1-2-21-15-9-13(8-14(10-15)18(19)20)17-7-5-12-4-3-6-16-11-12/h3-4,6,8-11,17H,2,5,7H2,1H3. The number of benzene rings is 1. The van der Waals surface area contributed by atoms with E-state index in [0.717, 1.165) is 12.0 Å². The zero-order valence-electron chi connectivity index (χ0n) is 11.8. The van der Waals surface area contributed by atoms with Gasteiger partial charge in [0.2, 0.25) is 0 Å². The summed E-state index contributed by atoms with van der Waals surface area (Å²) in [5.74, 6) is 0.496. The molecule has 21 heavy (non-hydrogen) atoms. The Morgan fingerprint density at radius 3 is 2.90 bits per heavy atom. The number of pyridine rings is 1. The lowest BCUT2D eigenvalue weighted by Gasteiger charge is -2.09. The van der Waals surface area contributed by atoms with Crippen LogP contribution in [0.2, 0.25) is 0 Å². The van der Waals surface area contributed by atoms with Crippen LogP contribution < -0.4 is 10.1 Å². The van der Waals surface area contributed by atoms with Crippen molar-refractivity contribution in [3.8, 4) is 5.75 Å². The van der Waals surface area contributed by atoms with Gasteiger partial charge in [0.05, 0.1) is 17.6 Å². The molecule has 0 aliphatic heterocycles. The van der Waals surface area contributed by atoms with Crippen molar-refractivity contribution in [2.45, 2.75) is 13.3 Å². The number of nitro benzene ring substituents is 1. The van der Waals surface area contributed by atoms with Crippen molar-refractivity contribution < 1.29 is 9.66 Å². The molecule has 2 aromatic rings. The van der Waals surface area contributed by atoms with Crippen molar-refractivity contribution in [1.82, 2.24) is 4.98 Å². The first kappa shape index (κ1) is 14.8. The van der Waals surface area contributed by atoms with Crippen molar-refractivity contribution >= 4 is 11.4 Å². The van der Waals surface area contributed by atoms with Gasteiger partial charge in [-0.3, -0.25) is 15.1 Å². The highest BCUT2D eigenvalue weighted by Crippen LogP contribution is 2.26. The summed E-state index contributed by atoms with van der Waals surface area (Å²) >= 11 is 0. The quantitative estimate of drug-likeness (QED) is 0.625. The fourth-order valence-corrected chi connectivity index (χ4v) is 1.94. The molecule has 0 saturated heterocycles. The molecule has 0 spiro atoms. The van der Waals surface area contributed by atoms with Crippen LogP contribution in [-0.4, -0.2) is 23.1 Å². The molecule has 0 fully saturated rings. The predicted molar refractivity (Wildman–Crippen MR) is 80.7 cm³/mol. The maximum atomic E-state index is 10.9. The Morgan fingerprint density at radius 1 is 1.38 bits per heavy atom. The van der Waals surface area contributed by atoms with Gasteiger partial charge < -0.3 is 10.1 Å². The topological polar surface area (TPSA) is 77.3 Å². The average molecular weight is 287 g/mol. The fourth-order valence-electron chi connectivity index (χ4n) is 1.94. The molecule has 1 heterocycles. The smallest absolute Gasteiger partial charge is 0.275 e. The van der Waals surface area contributed by atoms with Gasteiger partial charge >= 0.3 is 0 Å². The van der Waals surface area contributed by atoms with Gasteiger partial charge in [-0.1, -0.05) is 6.07 Å². The van der Waals surface area contributed by atoms with Crippen LogP contribution in [0.1, 0.15) is 12.5 Å². The molecular formula is C15H17N3O3. The van der Waals surface area contributed by atoms with Crippen LogP contribution in [0.3, 0.4) is 0 Å². The van der Waals surface area contributed by atoms with Crippen LogP contribution in [0, 0.1) is 10.1 Å². The second-order valence-corrected chi connectivity index (χ2v) is 4.44. The molecule has 0 bridgehead atoms. The molecule has 2 rings (SSSR count). The highest BCUT2D eigenvalue weighted by Gasteiger charge is 2.10. The number of nitro groups is 1. The van der Waals surface area contributed by atoms with E-state index in [1.807, 2.05) is 19.1 Å². The summed E-state index contributed by atoms with van der Waals surface area (Å²) in [6, 6.07) is 8.57. The second-order valence-electron chi connectivity index (χ2n) is 4.44. The molecule has 0 aliphatic carbocycles. The van der Waals surface area contributed by atoms with E-state index < -0.39 is 4.92 Å². The number of rotatable bonds is 7. The van der Waals surface area contributed by atoms with E-state index in [-0.39, 0.29) is 5.69 Å². The molecule has 0 amide bonds. The number of ether oxygens (including phenoxy) is 1. The maximum absolute atomic E-state index is 10.9. The molecule has 0 atom stereocenters. The molecule has 1 N–H and O–H groups in total. The monoisotopic (exact) mass is 287 g/mol. The van der Waals surface area contributed by atoms with Crippen molar-refractivity contribution in [3.05, 3.63) is 58.4 Å². The zero-order chi connectivity index (χ0) is 15.1. The molecule has 1 aromatic carbocycles. The molecule has 1 aromatic heterocycles. The molecule has 6 nitrogen and oxygen atoms in total. The minimum Gasteiger partial charge on any atom is -0.494 e. The van der Waals surface area contributed by atoms with Gasteiger partial charge in [0, 0.05) is 36.8 Å². The summed E-state index contributed by atoms with van der Waals surface area (Å²) in [5.41, 5.74) is 1.81. The van der Waals surface area contributed by atoms with Crippen LogP contribution in [-0.2, 0) is 6.42 Å². The minimum absolute atomic E-state index is 0.0184. The molecule has 0 aliphatic rings. The first-order valence-corrected chi connectivity index (χ1v) is 6.74. The highest BCUT2D eigenvalue weighted by atomic mass is 16.6. The minimum atomic E-state index is -0.422. The number of anilines is 1. The Morgan fingerprint density at radius 2 is 2.24 bits per heavy atom. The number of nitrogens with one attached hydrogen (secondary N) is 1.